The minimum absolute atomic E-state index is 0.0418. The molecule has 0 aliphatic carbocycles. The number of rotatable bonds is 2. The van der Waals surface area contributed by atoms with E-state index in [4.69, 9.17) is 0 Å². The lowest BCUT2D eigenvalue weighted by Gasteiger charge is -2.44. The van der Waals surface area contributed by atoms with Gasteiger partial charge >= 0.3 is 6.03 Å². The first-order chi connectivity index (χ1) is 13.4. The zero-order valence-electron chi connectivity index (χ0n) is 16.1. The molecule has 0 saturated carbocycles. The van der Waals surface area contributed by atoms with Gasteiger partial charge in [-0.15, -0.1) is 0 Å². The number of benzene rings is 1. The predicted octanol–water partition coefficient (Wildman–Crippen LogP) is 4.16. The molecule has 0 bridgehead atoms. The molecule has 1 saturated heterocycles. The molecular formula is C20H23BrN6O. The van der Waals surface area contributed by atoms with Gasteiger partial charge in [0.25, 0.3) is 0 Å². The molecule has 2 amide bonds. The minimum Gasteiger partial charge on any atom is -0.352 e. The van der Waals surface area contributed by atoms with Gasteiger partial charge < -0.3 is 20.1 Å². The topological polar surface area (TPSA) is 77.2 Å². The van der Waals surface area contributed by atoms with Crippen LogP contribution in [-0.2, 0) is 0 Å². The number of aryl methyl sites for hydroxylation is 1. The van der Waals surface area contributed by atoms with Gasteiger partial charge in [0, 0.05) is 41.5 Å². The molecule has 1 fully saturated rings. The minimum atomic E-state index is -0.0802. The third-order valence-electron chi connectivity index (χ3n) is 5.18. The van der Waals surface area contributed by atoms with Crippen molar-refractivity contribution in [2.45, 2.75) is 32.9 Å². The standard InChI is InChI=1S/C20H23BrN6O/c1-12-8-22-18-17(12)19(24-11-23-18)26-9-13(2)27(14(3)10-26)20(28)25-16-6-4-5-15(21)7-16/h4-8,11,13-14H,9-10H2,1-3H3,(H,25,28)(H,22,23,24)/t13-,14+. The van der Waals surface area contributed by atoms with E-state index in [1.54, 1.807) is 6.33 Å². The van der Waals surface area contributed by atoms with E-state index in [1.165, 1.54) is 0 Å². The lowest BCUT2D eigenvalue weighted by Crippen LogP contribution is -2.60. The van der Waals surface area contributed by atoms with E-state index in [2.05, 4.69) is 61.9 Å². The molecular weight excluding hydrogens is 420 g/mol. The summed E-state index contributed by atoms with van der Waals surface area (Å²) in [5, 5.41) is 4.06. The fourth-order valence-corrected chi connectivity index (χ4v) is 4.39. The molecule has 3 heterocycles. The number of nitrogens with one attached hydrogen (secondary N) is 2. The summed E-state index contributed by atoms with van der Waals surface area (Å²) in [4.78, 5) is 29.2. The smallest absolute Gasteiger partial charge is 0.322 e. The van der Waals surface area contributed by atoms with Gasteiger partial charge in [-0.2, -0.15) is 0 Å². The van der Waals surface area contributed by atoms with E-state index < -0.39 is 0 Å². The summed E-state index contributed by atoms with van der Waals surface area (Å²) < 4.78 is 0.936. The van der Waals surface area contributed by atoms with Crippen molar-refractivity contribution in [2.75, 3.05) is 23.3 Å². The van der Waals surface area contributed by atoms with Crippen molar-refractivity contribution in [2.24, 2.45) is 0 Å². The van der Waals surface area contributed by atoms with Gasteiger partial charge in [0.05, 0.1) is 5.39 Å². The molecule has 4 rings (SSSR count). The highest BCUT2D eigenvalue weighted by molar-refractivity contribution is 9.10. The maximum atomic E-state index is 12.9. The maximum absolute atomic E-state index is 12.9. The fraction of sp³-hybridized carbons (Fsp3) is 0.350. The largest absolute Gasteiger partial charge is 0.352 e. The number of halogens is 1. The van der Waals surface area contributed by atoms with Crippen LogP contribution in [0.15, 0.2) is 41.3 Å². The molecule has 1 aliphatic rings. The van der Waals surface area contributed by atoms with Gasteiger partial charge in [-0.25, -0.2) is 14.8 Å². The molecule has 7 nitrogen and oxygen atoms in total. The van der Waals surface area contributed by atoms with Crippen LogP contribution < -0.4 is 10.2 Å². The molecule has 3 aromatic rings. The van der Waals surface area contributed by atoms with Crippen molar-refractivity contribution >= 4 is 44.5 Å². The van der Waals surface area contributed by atoms with Crippen LogP contribution >= 0.6 is 15.9 Å². The van der Waals surface area contributed by atoms with Crippen molar-refractivity contribution in [3.63, 3.8) is 0 Å². The fourth-order valence-electron chi connectivity index (χ4n) is 3.99. The van der Waals surface area contributed by atoms with Crippen molar-refractivity contribution in [3.05, 3.63) is 46.8 Å². The Morgan fingerprint density at radius 2 is 2.00 bits per heavy atom. The van der Waals surface area contributed by atoms with Crippen LogP contribution in [0.3, 0.4) is 0 Å². The summed E-state index contributed by atoms with van der Waals surface area (Å²) in [7, 11) is 0. The summed E-state index contributed by atoms with van der Waals surface area (Å²) in [6.45, 7) is 7.64. The van der Waals surface area contributed by atoms with Crippen LogP contribution in [0.4, 0.5) is 16.3 Å². The van der Waals surface area contributed by atoms with E-state index in [-0.39, 0.29) is 18.1 Å². The van der Waals surface area contributed by atoms with Gasteiger partial charge in [-0.05, 0) is 44.5 Å². The number of amides is 2. The number of urea groups is 1. The average molecular weight is 443 g/mol. The normalized spacial score (nSPS) is 19.9. The zero-order valence-corrected chi connectivity index (χ0v) is 17.7. The lowest BCUT2D eigenvalue weighted by atomic mass is 10.1. The van der Waals surface area contributed by atoms with Crippen molar-refractivity contribution in [1.29, 1.82) is 0 Å². The second-order valence-electron chi connectivity index (χ2n) is 7.34. The molecule has 0 spiro atoms. The second kappa shape index (κ2) is 7.43. The zero-order chi connectivity index (χ0) is 19.8. The Morgan fingerprint density at radius 3 is 2.71 bits per heavy atom. The number of nitrogens with zero attached hydrogens (tertiary/aromatic N) is 4. The highest BCUT2D eigenvalue weighted by Gasteiger charge is 2.34. The number of carbonyl (C=O) groups is 1. The Hall–Kier alpha value is -2.61. The van der Waals surface area contributed by atoms with Crippen molar-refractivity contribution in [1.82, 2.24) is 19.9 Å². The van der Waals surface area contributed by atoms with Crippen LogP contribution in [0.25, 0.3) is 11.0 Å². The third kappa shape index (κ3) is 3.44. The van der Waals surface area contributed by atoms with Crippen LogP contribution in [0.2, 0.25) is 0 Å². The summed E-state index contributed by atoms with van der Waals surface area (Å²) in [6.07, 6.45) is 3.55. The number of aromatic nitrogens is 3. The van der Waals surface area contributed by atoms with E-state index in [0.29, 0.717) is 13.1 Å². The molecule has 28 heavy (non-hydrogen) atoms. The summed E-state index contributed by atoms with van der Waals surface area (Å²) in [5.41, 5.74) is 2.75. The molecule has 8 heteroatoms. The maximum Gasteiger partial charge on any atom is 0.322 e. The Balaban J connectivity index is 1.54. The highest BCUT2D eigenvalue weighted by atomic mass is 79.9. The number of H-pyrrole nitrogens is 1. The first kappa shape index (κ1) is 18.7. The molecule has 146 valence electrons. The SMILES string of the molecule is Cc1c[nH]c2ncnc(N3C[C@@H](C)N(C(=O)Nc4cccc(Br)c4)[C@@H](C)C3)c12. The molecule has 0 radical (unpaired) electrons. The van der Waals surface area contributed by atoms with E-state index >= 15 is 0 Å². The van der Waals surface area contributed by atoms with Crippen LogP contribution in [-0.4, -0.2) is 51.1 Å². The third-order valence-corrected chi connectivity index (χ3v) is 5.67. The first-order valence-electron chi connectivity index (χ1n) is 9.32. The van der Waals surface area contributed by atoms with E-state index in [1.807, 2.05) is 35.4 Å². The van der Waals surface area contributed by atoms with E-state index in [0.717, 1.165) is 32.6 Å². The molecule has 1 aliphatic heterocycles. The van der Waals surface area contributed by atoms with E-state index in [9.17, 15) is 4.79 Å². The molecule has 2 aromatic heterocycles. The quantitative estimate of drug-likeness (QED) is 0.624. The highest BCUT2D eigenvalue weighted by Crippen LogP contribution is 2.29. The van der Waals surface area contributed by atoms with Gasteiger partial charge in [0.15, 0.2) is 0 Å². The predicted molar refractivity (Wildman–Crippen MR) is 115 cm³/mol. The van der Waals surface area contributed by atoms with Gasteiger partial charge in [-0.3, -0.25) is 0 Å². The summed E-state index contributed by atoms with van der Waals surface area (Å²) in [5.74, 6) is 0.925. The first-order valence-corrected chi connectivity index (χ1v) is 10.1. The second-order valence-corrected chi connectivity index (χ2v) is 8.26. The number of anilines is 2. The Kier molecular flexibility index (Phi) is 4.97. The summed E-state index contributed by atoms with van der Waals surface area (Å²) >= 11 is 3.44. The number of hydrogen-bond donors (Lipinski definition) is 2. The molecule has 2 N–H and O–H groups in total. The number of fused-ring (bicyclic) bond motifs is 1. The summed E-state index contributed by atoms with van der Waals surface area (Å²) in [6, 6.07) is 7.63. The number of aromatic amines is 1. The van der Waals surface area contributed by atoms with Gasteiger partial charge in [0.2, 0.25) is 0 Å². The van der Waals surface area contributed by atoms with Crippen LogP contribution in [0.1, 0.15) is 19.4 Å². The van der Waals surface area contributed by atoms with Gasteiger partial charge in [-0.1, -0.05) is 22.0 Å². The number of piperazine rings is 1. The van der Waals surface area contributed by atoms with Crippen molar-refractivity contribution < 1.29 is 4.79 Å². The molecule has 1 aromatic carbocycles. The average Bonchev–Trinajstić information content (AvgIpc) is 3.02. The monoisotopic (exact) mass is 442 g/mol. The van der Waals surface area contributed by atoms with Crippen LogP contribution in [0, 0.1) is 6.92 Å². The Bertz CT molecular complexity index is 1010. The number of carbonyl (C=O) groups excluding carboxylic acids is 1. The van der Waals surface area contributed by atoms with Gasteiger partial charge in [0.1, 0.15) is 17.8 Å². The molecule has 2 atom stereocenters. The number of hydrogen-bond acceptors (Lipinski definition) is 4. The lowest BCUT2D eigenvalue weighted by molar-refractivity contribution is 0.153. The Morgan fingerprint density at radius 1 is 1.25 bits per heavy atom. The van der Waals surface area contributed by atoms with Crippen LogP contribution in [0.5, 0.6) is 0 Å². The van der Waals surface area contributed by atoms with Crippen molar-refractivity contribution in [3.8, 4) is 0 Å². The molecule has 0 unspecified atom stereocenters. The Labute approximate surface area is 172 Å².